The first kappa shape index (κ1) is 24.6. The van der Waals surface area contributed by atoms with E-state index < -0.39 is 64.6 Å². The molecule has 1 N–H and O–H groups in total. The molecule has 2 fully saturated rings. The Kier molecular flexibility index (Phi) is 6.93. The summed E-state index contributed by atoms with van der Waals surface area (Å²) in [4.78, 5) is 60.1. The van der Waals surface area contributed by atoms with Crippen LogP contribution in [0, 0.1) is 6.92 Å². The van der Waals surface area contributed by atoms with Crippen LogP contribution in [0.3, 0.4) is 0 Å². The lowest BCUT2D eigenvalue weighted by atomic mass is 10.2. The van der Waals surface area contributed by atoms with Gasteiger partial charge in [-0.2, -0.15) is 0 Å². The van der Waals surface area contributed by atoms with Gasteiger partial charge in [0.15, 0.2) is 0 Å². The highest BCUT2D eigenvalue weighted by Gasteiger charge is 2.44. The summed E-state index contributed by atoms with van der Waals surface area (Å²) in [5, 5.41) is 0. The SMILES string of the molecule is CC(=O)O[C@H]1C[C@H](n2cc(C)c(=O)[nH]c2=O)O[C@@H]1COP1(=S)OP(=O)([O-])OP(=O)([O-])O1. The van der Waals surface area contributed by atoms with Crippen molar-refractivity contribution in [3.63, 3.8) is 0 Å². The summed E-state index contributed by atoms with van der Waals surface area (Å²) in [5.74, 6) is -0.696. The van der Waals surface area contributed by atoms with Gasteiger partial charge in [-0.1, -0.05) is 0 Å². The summed E-state index contributed by atoms with van der Waals surface area (Å²) in [6, 6.07) is 0. The number of hydrogen-bond acceptors (Lipinski definition) is 14. The highest BCUT2D eigenvalue weighted by Crippen LogP contribution is 2.77. The van der Waals surface area contributed by atoms with Crippen molar-refractivity contribution in [1.29, 1.82) is 0 Å². The summed E-state index contributed by atoms with van der Waals surface area (Å²) in [5.41, 5.74) is -1.16. The fraction of sp³-hybridized carbons (Fsp3) is 0.583. The molecular formula is C12H15N2O13P3S-2. The minimum atomic E-state index is -5.34. The largest absolute Gasteiger partial charge is 0.756 e. The third-order valence-electron chi connectivity index (χ3n) is 3.95. The number of rotatable bonds is 5. The van der Waals surface area contributed by atoms with Crippen molar-refractivity contribution in [2.75, 3.05) is 6.61 Å². The van der Waals surface area contributed by atoms with Crippen LogP contribution in [0.4, 0.5) is 0 Å². The maximum atomic E-state index is 12.1. The van der Waals surface area contributed by atoms with Gasteiger partial charge < -0.3 is 23.8 Å². The molecular weight excluding hydrogens is 505 g/mol. The first-order valence-corrected chi connectivity index (χ1v) is 13.8. The lowest BCUT2D eigenvalue weighted by molar-refractivity contribution is -0.240. The predicted octanol–water partition coefficient (Wildman–Crippen LogP) is -0.694. The van der Waals surface area contributed by atoms with Crippen LogP contribution in [0.5, 0.6) is 0 Å². The maximum absolute atomic E-state index is 12.1. The number of hydrogen-bond donors (Lipinski definition) is 1. The van der Waals surface area contributed by atoms with Crippen molar-refractivity contribution in [3.05, 3.63) is 32.6 Å². The van der Waals surface area contributed by atoms with E-state index in [9.17, 15) is 33.3 Å². The number of H-pyrrole nitrogens is 1. The fourth-order valence-electron chi connectivity index (χ4n) is 2.78. The van der Waals surface area contributed by atoms with Crippen LogP contribution in [0.1, 0.15) is 25.1 Å². The molecule has 2 aliphatic rings. The van der Waals surface area contributed by atoms with Gasteiger partial charge >= 0.3 is 18.4 Å². The molecule has 1 aromatic rings. The third kappa shape index (κ3) is 6.06. The van der Waals surface area contributed by atoms with Gasteiger partial charge in [-0.05, 0) is 18.7 Å². The second-order valence-corrected chi connectivity index (χ2v) is 12.6. The van der Waals surface area contributed by atoms with Gasteiger partial charge in [-0.25, -0.2) is 17.7 Å². The summed E-state index contributed by atoms with van der Waals surface area (Å²) in [6.45, 7) is -2.41. The molecule has 0 amide bonds. The number of aryl methyl sites for hydroxylation is 1. The van der Waals surface area contributed by atoms with Crippen molar-refractivity contribution in [2.24, 2.45) is 0 Å². The minimum absolute atomic E-state index is 0.0488. The van der Waals surface area contributed by atoms with Gasteiger partial charge in [-0.15, -0.1) is 0 Å². The Morgan fingerprint density at radius 2 is 1.90 bits per heavy atom. The number of nitrogens with zero attached hydrogens (tertiary/aromatic N) is 1. The van der Waals surface area contributed by atoms with Crippen LogP contribution in [0.15, 0.2) is 15.8 Å². The van der Waals surface area contributed by atoms with Gasteiger partial charge in [0, 0.05) is 25.1 Å². The molecule has 0 aromatic carbocycles. The topological polar surface area (TPSA) is 208 Å². The number of aromatic amines is 1. The van der Waals surface area contributed by atoms with Gasteiger partial charge in [0.2, 0.25) is 0 Å². The molecule has 0 spiro atoms. The van der Waals surface area contributed by atoms with Crippen molar-refractivity contribution < 1.29 is 50.6 Å². The molecule has 0 bridgehead atoms. The van der Waals surface area contributed by atoms with Gasteiger partial charge in [0.25, 0.3) is 21.2 Å². The first-order chi connectivity index (χ1) is 14.2. The molecule has 174 valence electrons. The van der Waals surface area contributed by atoms with Gasteiger partial charge in [-0.3, -0.25) is 28.3 Å². The van der Waals surface area contributed by atoms with E-state index in [1.54, 1.807) is 0 Å². The number of phosphoric acid groups is 2. The summed E-state index contributed by atoms with van der Waals surface area (Å²) in [7, 11) is -10.7. The van der Waals surface area contributed by atoms with Crippen molar-refractivity contribution in [1.82, 2.24) is 9.55 Å². The van der Waals surface area contributed by atoms with E-state index in [0.717, 1.165) is 11.5 Å². The molecule has 15 nitrogen and oxygen atoms in total. The number of nitrogens with one attached hydrogen (secondary N) is 1. The van der Waals surface area contributed by atoms with Crippen LogP contribution in [-0.4, -0.2) is 34.3 Å². The smallest absolute Gasteiger partial charge is 0.340 e. The number of carbonyl (C=O) groups is 1. The van der Waals surface area contributed by atoms with E-state index in [4.69, 9.17) is 25.8 Å². The quantitative estimate of drug-likeness (QED) is 0.376. The zero-order valence-corrected chi connectivity index (χ0v) is 19.2. The zero-order valence-electron chi connectivity index (χ0n) is 15.7. The Hall–Kier alpha value is -1.02. The van der Waals surface area contributed by atoms with E-state index in [1.807, 2.05) is 0 Å². The van der Waals surface area contributed by atoms with Gasteiger partial charge in [0.1, 0.15) is 18.4 Å². The van der Waals surface area contributed by atoms with Crippen LogP contribution >= 0.6 is 22.4 Å². The van der Waals surface area contributed by atoms with Crippen LogP contribution in [0.25, 0.3) is 0 Å². The van der Waals surface area contributed by atoms with Crippen molar-refractivity contribution in [2.45, 2.75) is 38.7 Å². The average molecular weight is 520 g/mol. The average Bonchev–Trinajstić information content (AvgIpc) is 2.95. The zero-order chi connectivity index (χ0) is 23.2. The fourth-order valence-corrected chi connectivity index (χ4v) is 9.24. The summed E-state index contributed by atoms with van der Waals surface area (Å²) >= 11 is 4.75. The van der Waals surface area contributed by atoms with E-state index in [2.05, 4.69) is 17.9 Å². The van der Waals surface area contributed by atoms with E-state index in [0.29, 0.717) is 0 Å². The van der Waals surface area contributed by atoms with E-state index >= 15 is 0 Å². The lowest BCUT2D eigenvalue weighted by Crippen LogP contribution is -2.33. The highest BCUT2D eigenvalue weighted by molar-refractivity contribution is 8.10. The monoisotopic (exact) mass is 520 g/mol. The molecule has 3 heterocycles. The first-order valence-electron chi connectivity index (χ1n) is 8.34. The molecule has 5 atom stereocenters. The van der Waals surface area contributed by atoms with Crippen molar-refractivity contribution in [3.8, 4) is 0 Å². The van der Waals surface area contributed by atoms with Crippen LogP contribution < -0.4 is 21.0 Å². The minimum Gasteiger partial charge on any atom is -0.756 e. The summed E-state index contributed by atoms with van der Waals surface area (Å²) in [6.07, 6.45) is -1.93. The van der Waals surface area contributed by atoms with Crippen LogP contribution in [-0.2, 0) is 52.7 Å². The second-order valence-electron chi connectivity index (χ2n) is 6.37. The molecule has 2 aliphatic heterocycles. The molecule has 0 saturated carbocycles. The van der Waals surface area contributed by atoms with Crippen LogP contribution in [0.2, 0.25) is 0 Å². The molecule has 1 aromatic heterocycles. The lowest BCUT2D eigenvalue weighted by Gasteiger charge is -2.40. The predicted molar refractivity (Wildman–Crippen MR) is 98.8 cm³/mol. The summed E-state index contributed by atoms with van der Waals surface area (Å²) < 4.78 is 52.3. The number of carbonyl (C=O) groups excluding carboxylic acids is 1. The Morgan fingerprint density at radius 1 is 1.29 bits per heavy atom. The van der Waals surface area contributed by atoms with E-state index in [-0.39, 0.29) is 12.0 Å². The Bertz CT molecular complexity index is 1120. The molecule has 3 rings (SSSR count). The second kappa shape index (κ2) is 8.73. The number of aromatic nitrogens is 2. The molecule has 0 aliphatic carbocycles. The maximum Gasteiger partial charge on any atom is 0.340 e. The van der Waals surface area contributed by atoms with E-state index in [1.165, 1.54) is 13.1 Å². The van der Waals surface area contributed by atoms with Crippen molar-refractivity contribution >= 4 is 40.1 Å². The molecule has 2 unspecified atom stereocenters. The molecule has 31 heavy (non-hydrogen) atoms. The Morgan fingerprint density at radius 3 is 2.48 bits per heavy atom. The molecule has 0 radical (unpaired) electrons. The Balaban J connectivity index is 1.80. The highest BCUT2D eigenvalue weighted by atomic mass is 32.5. The Labute approximate surface area is 178 Å². The normalized spacial score (nSPS) is 38.1. The van der Waals surface area contributed by atoms with Gasteiger partial charge in [0.05, 0.1) is 6.61 Å². The molecule has 19 heteroatoms. The molecule has 2 saturated heterocycles. The number of ether oxygens (including phenoxy) is 2. The number of esters is 1. The third-order valence-corrected chi connectivity index (χ3v) is 10.7. The standard InChI is InChI=1S/C12H17N2O13P3S/c1-6-4-14(12(17)13-11(6)16)10-3-8(23-7(2)15)9(24-10)5-22-30(31)26-28(18,19)25-29(20,21)27-30/h4,8-10H,3,5H2,1-2H3,(H,18,19)(H,20,21)(H,13,16,17)/p-2/t8-,9+,10+/m0/s1.